The van der Waals surface area contributed by atoms with Crippen LogP contribution in [-0.4, -0.2) is 35.6 Å². The highest BCUT2D eigenvalue weighted by Crippen LogP contribution is 2.69. The normalized spacial score (nSPS) is 21.8. The average molecular weight is 473 g/mol. The molecule has 10 heteroatoms. The number of carbonyl (C=O) groups is 1. The first-order chi connectivity index (χ1) is 16.7. The van der Waals surface area contributed by atoms with E-state index in [1.54, 1.807) is 16.8 Å². The van der Waals surface area contributed by atoms with Crippen LogP contribution in [0, 0.1) is 17.0 Å². The van der Waals surface area contributed by atoms with E-state index in [1.807, 2.05) is 6.07 Å². The maximum absolute atomic E-state index is 14.5. The summed E-state index contributed by atoms with van der Waals surface area (Å²) >= 11 is 0. The Balaban J connectivity index is 1.50. The molecule has 1 aromatic carbocycles. The maximum atomic E-state index is 14.5. The molecule has 176 valence electrons. The molecular weight excluding hydrogens is 452 g/mol. The molecule has 2 aliphatic rings. The van der Waals surface area contributed by atoms with Crippen molar-refractivity contribution in [2.24, 2.45) is 11.1 Å². The zero-order chi connectivity index (χ0) is 24.5. The van der Waals surface area contributed by atoms with Crippen LogP contribution in [0.2, 0.25) is 0 Å². The van der Waals surface area contributed by atoms with Gasteiger partial charge in [-0.3, -0.25) is 9.36 Å². The lowest BCUT2D eigenvalue weighted by Crippen LogP contribution is -2.38. The van der Waals surface area contributed by atoms with E-state index < -0.39 is 23.0 Å². The summed E-state index contributed by atoms with van der Waals surface area (Å²) in [6.07, 6.45) is 6.26. The van der Waals surface area contributed by atoms with Gasteiger partial charge < -0.3 is 5.73 Å². The zero-order valence-electron chi connectivity index (χ0n) is 19.0. The highest BCUT2D eigenvalue weighted by atomic mass is 19.1. The Bertz CT molecular complexity index is 1500. The van der Waals surface area contributed by atoms with Crippen LogP contribution in [0.1, 0.15) is 60.0 Å². The molecule has 0 aliphatic heterocycles. The number of hydrogen-bond donors (Lipinski definition) is 1. The molecule has 8 nitrogen and oxygen atoms in total. The van der Waals surface area contributed by atoms with Crippen molar-refractivity contribution in [1.82, 2.24) is 29.7 Å². The number of imidazole rings is 1. The fourth-order valence-electron chi connectivity index (χ4n) is 6.03. The minimum atomic E-state index is -0.674. The van der Waals surface area contributed by atoms with Gasteiger partial charge in [0.1, 0.15) is 23.7 Å². The lowest BCUT2D eigenvalue weighted by atomic mass is 9.66. The molecule has 2 atom stereocenters. The summed E-state index contributed by atoms with van der Waals surface area (Å²) < 4.78 is 30.5. The van der Waals surface area contributed by atoms with E-state index in [2.05, 4.69) is 34.0 Å². The number of benzene rings is 1. The summed E-state index contributed by atoms with van der Waals surface area (Å²) in [4.78, 5) is 24.7. The number of halogens is 2. The Morgan fingerprint density at radius 3 is 2.63 bits per heavy atom. The fourth-order valence-corrected chi connectivity index (χ4v) is 6.03. The minimum absolute atomic E-state index is 0.114. The third kappa shape index (κ3) is 2.82. The molecule has 35 heavy (non-hydrogen) atoms. The van der Waals surface area contributed by atoms with Crippen molar-refractivity contribution in [3.05, 3.63) is 83.3 Å². The van der Waals surface area contributed by atoms with Gasteiger partial charge in [0.15, 0.2) is 0 Å². The summed E-state index contributed by atoms with van der Waals surface area (Å²) in [5.41, 5.74) is 7.08. The third-order valence-corrected chi connectivity index (χ3v) is 7.75. The summed E-state index contributed by atoms with van der Waals surface area (Å²) in [6, 6.07) is 7.39. The van der Waals surface area contributed by atoms with Gasteiger partial charge in [-0.1, -0.05) is 19.9 Å². The number of nitrogens with two attached hydrogens (primary N) is 1. The number of rotatable bonds is 4. The Kier molecular flexibility index (Phi) is 4.42. The number of aromatic nitrogens is 6. The van der Waals surface area contributed by atoms with Crippen LogP contribution < -0.4 is 5.73 Å². The standard InChI is InChI=1S/C25H21F2N7O/c1-24(2)14-6-8-25(24,19-7-9-29-23(31-19)34-11-18(22(28)35)30-12-34)21-13(14)10-17(32-33-21)20-15(26)4-3-5-16(20)27/h3-5,7,9-12,14H,6,8H2,1-2H3,(H2,28,35)/t14-,25+/m0/s1. The molecule has 1 fully saturated rings. The van der Waals surface area contributed by atoms with Crippen LogP contribution in [0.5, 0.6) is 0 Å². The Morgan fingerprint density at radius 1 is 1.14 bits per heavy atom. The lowest BCUT2D eigenvalue weighted by molar-refractivity contribution is 0.0996. The maximum Gasteiger partial charge on any atom is 0.268 e. The second-order valence-electron chi connectivity index (χ2n) is 9.62. The smallest absolute Gasteiger partial charge is 0.268 e. The Morgan fingerprint density at radius 2 is 1.91 bits per heavy atom. The van der Waals surface area contributed by atoms with Crippen molar-refractivity contribution >= 4 is 5.91 Å². The van der Waals surface area contributed by atoms with Crippen LogP contribution in [-0.2, 0) is 5.41 Å². The summed E-state index contributed by atoms with van der Waals surface area (Å²) in [5, 5.41) is 8.81. The number of primary amides is 1. The summed E-state index contributed by atoms with van der Waals surface area (Å²) in [5.74, 6) is -1.52. The van der Waals surface area contributed by atoms with Gasteiger partial charge in [-0.25, -0.2) is 23.7 Å². The molecule has 0 unspecified atom stereocenters. The molecule has 3 heterocycles. The molecule has 2 N–H and O–H groups in total. The molecule has 4 aromatic rings. The van der Waals surface area contributed by atoms with E-state index in [-0.39, 0.29) is 28.3 Å². The van der Waals surface area contributed by atoms with Gasteiger partial charge in [-0.2, -0.15) is 5.10 Å². The number of hydrogen-bond acceptors (Lipinski definition) is 6. The first-order valence-electron chi connectivity index (χ1n) is 11.2. The molecule has 0 radical (unpaired) electrons. The van der Waals surface area contributed by atoms with E-state index in [4.69, 9.17) is 10.7 Å². The zero-order valence-corrected chi connectivity index (χ0v) is 19.0. The van der Waals surface area contributed by atoms with Crippen molar-refractivity contribution in [3.8, 4) is 17.2 Å². The van der Waals surface area contributed by atoms with E-state index >= 15 is 0 Å². The molecule has 6 rings (SSSR count). The van der Waals surface area contributed by atoms with Crippen molar-refractivity contribution in [2.75, 3.05) is 0 Å². The second kappa shape index (κ2) is 7.21. The van der Waals surface area contributed by atoms with Crippen LogP contribution >= 0.6 is 0 Å². The van der Waals surface area contributed by atoms with Gasteiger partial charge in [0.25, 0.3) is 5.91 Å². The highest BCUT2D eigenvalue weighted by Gasteiger charge is 2.65. The van der Waals surface area contributed by atoms with E-state index in [1.165, 1.54) is 30.7 Å². The van der Waals surface area contributed by atoms with E-state index in [0.717, 1.165) is 29.8 Å². The highest BCUT2D eigenvalue weighted by molar-refractivity contribution is 5.90. The van der Waals surface area contributed by atoms with Crippen LogP contribution in [0.15, 0.2) is 49.1 Å². The largest absolute Gasteiger partial charge is 0.364 e. The molecule has 0 spiro atoms. The van der Waals surface area contributed by atoms with Crippen LogP contribution in [0.25, 0.3) is 17.2 Å². The van der Waals surface area contributed by atoms with Crippen molar-refractivity contribution in [3.63, 3.8) is 0 Å². The molecule has 1 saturated carbocycles. The van der Waals surface area contributed by atoms with Gasteiger partial charge >= 0.3 is 0 Å². The van der Waals surface area contributed by atoms with Crippen molar-refractivity contribution < 1.29 is 13.6 Å². The predicted molar refractivity (Wildman–Crippen MR) is 122 cm³/mol. The SMILES string of the molecule is CC1(C)[C@H]2CC[C@@]1(c1ccnc(-n3cnc(C(N)=O)c3)n1)c1nnc(-c3c(F)cccc3F)cc12. The van der Waals surface area contributed by atoms with Crippen molar-refractivity contribution in [2.45, 2.75) is 38.0 Å². The quantitative estimate of drug-likeness (QED) is 0.484. The first-order valence-corrected chi connectivity index (χ1v) is 11.2. The van der Waals surface area contributed by atoms with Gasteiger partial charge in [0.05, 0.1) is 28.1 Å². The van der Waals surface area contributed by atoms with Crippen LogP contribution in [0.3, 0.4) is 0 Å². The van der Waals surface area contributed by atoms with E-state index in [9.17, 15) is 13.6 Å². The lowest BCUT2D eigenvalue weighted by Gasteiger charge is -2.37. The monoisotopic (exact) mass is 473 g/mol. The summed E-state index contributed by atoms with van der Waals surface area (Å²) in [7, 11) is 0. The Labute approximate surface area is 199 Å². The van der Waals surface area contributed by atoms with E-state index in [0.29, 0.717) is 5.95 Å². The predicted octanol–water partition coefficient (Wildman–Crippen LogP) is 3.70. The average Bonchev–Trinajstić information content (AvgIpc) is 3.48. The van der Waals surface area contributed by atoms with Gasteiger partial charge in [-0.15, -0.1) is 5.10 Å². The molecule has 2 aliphatic carbocycles. The second-order valence-corrected chi connectivity index (χ2v) is 9.62. The summed E-state index contributed by atoms with van der Waals surface area (Å²) in [6.45, 7) is 4.33. The van der Waals surface area contributed by atoms with Gasteiger partial charge in [0, 0.05) is 12.4 Å². The fraction of sp³-hybridized carbons (Fsp3) is 0.280. The number of fused-ring (bicyclic) bond motifs is 5. The van der Waals surface area contributed by atoms with Crippen LogP contribution in [0.4, 0.5) is 8.78 Å². The number of carbonyl (C=O) groups excluding carboxylic acids is 1. The number of nitrogens with zero attached hydrogens (tertiary/aromatic N) is 6. The molecule has 2 bridgehead atoms. The molecule has 0 saturated heterocycles. The van der Waals surface area contributed by atoms with Crippen molar-refractivity contribution in [1.29, 1.82) is 0 Å². The molecule has 1 amide bonds. The topological polar surface area (TPSA) is 112 Å². The number of amides is 1. The minimum Gasteiger partial charge on any atom is -0.364 e. The molecular formula is C25H21F2N7O. The molecule has 3 aromatic heterocycles. The van der Waals surface area contributed by atoms with Gasteiger partial charge in [-0.05, 0) is 54.0 Å². The Hall–Kier alpha value is -4.08. The third-order valence-electron chi connectivity index (χ3n) is 7.75. The first kappa shape index (κ1) is 21.5. The van der Waals surface area contributed by atoms with Gasteiger partial charge in [0.2, 0.25) is 5.95 Å².